The van der Waals surface area contributed by atoms with Crippen LogP contribution in [0.4, 0.5) is 5.13 Å². The van der Waals surface area contributed by atoms with Crippen LogP contribution in [0.5, 0.6) is 0 Å². The summed E-state index contributed by atoms with van der Waals surface area (Å²) in [4.78, 5) is 11.9. The number of benzene rings is 1. The van der Waals surface area contributed by atoms with Crippen molar-refractivity contribution in [2.45, 2.75) is 43.2 Å². The van der Waals surface area contributed by atoms with Gasteiger partial charge >= 0.3 is 0 Å². The molecule has 4 nitrogen and oxygen atoms in total. The summed E-state index contributed by atoms with van der Waals surface area (Å²) in [5.41, 5.74) is 3.88. The summed E-state index contributed by atoms with van der Waals surface area (Å²) in [5.74, 6) is 1.14. The molecule has 0 bridgehead atoms. The van der Waals surface area contributed by atoms with Gasteiger partial charge in [-0.2, -0.15) is 0 Å². The number of carbonyl (C=O) groups excluding carboxylic acids is 1. The van der Waals surface area contributed by atoms with Crippen LogP contribution in [-0.4, -0.2) is 16.1 Å². The van der Waals surface area contributed by atoms with Crippen molar-refractivity contribution in [2.24, 2.45) is 5.92 Å². The van der Waals surface area contributed by atoms with Crippen molar-refractivity contribution in [3.05, 3.63) is 34.9 Å². The molecule has 1 saturated carbocycles. The predicted molar refractivity (Wildman–Crippen MR) is 91.4 cm³/mol. The van der Waals surface area contributed by atoms with E-state index in [-0.39, 0.29) is 11.8 Å². The number of hydrogen-bond donors (Lipinski definition) is 1. The molecule has 1 heterocycles. The van der Waals surface area contributed by atoms with E-state index in [0.29, 0.717) is 5.13 Å². The third-order valence-corrected chi connectivity index (χ3v) is 5.99. The van der Waals surface area contributed by atoms with Crippen molar-refractivity contribution in [1.29, 1.82) is 0 Å². The van der Waals surface area contributed by atoms with Gasteiger partial charge in [-0.3, -0.25) is 4.79 Å². The predicted octanol–water partition coefficient (Wildman–Crippen LogP) is 4.19. The van der Waals surface area contributed by atoms with Gasteiger partial charge in [0.05, 0.1) is 0 Å². The number of aromatic nitrogens is 2. The molecule has 22 heavy (non-hydrogen) atoms. The maximum Gasteiger partial charge on any atom is 0.229 e. The molecule has 3 rings (SSSR count). The Morgan fingerprint density at radius 1 is 1.36 bits per heavy atom. The van der Waals surface area contributed by atoms with Gasteiger partial charge in [0, 0.05) is 11.7 Å². The molecule has 0 spiro atoms. The van der Waals surface area contributed by atoms with E-state index in [1.54, 1.807) is 11.8 Å². The molecular formula is C16H19N3OS2. The van der Waals surface area contributed by atoms with Gasteiger partial charge in [-0.15, -0.1) is 10.2 Å². The summed E-state index contributed by atoms with van der Waals surface area (Å²) in [7, 11) is 0. The zero-order valence-corrected chi connectivity index (χ0v) is 14.4. The minimum absolute atomic E-state index is 0.0912. The first-order valence-corrected chi connectivity index (χ1v) is 9.25. The number of nitrogens with zero attached hydrogens (tertiary/aromatic N) is 2. The largest absolute Gasteiger partial charge is 0.300 e. The summed E-state index contributed by atoms with van der Waals surface area (Å²) in [5, 5.41) is 11.7. The SMILES string of the molecule is Cc1ccc(C)c(CSc2nnc(NC(=O)C3CCC3)s2)c1. The first-order chi connectivity index (χ1) is 10.6. The number of thioether (sulfide) groups is 1. The first kappa shape index (κ1) is 15.5. The third-order valence-electron chi connectivity index (χ3n) is 3.97. The van der Waals surface area contributed by atoms with E-state index >= 15 is 0 Å². The average molecular weight is 333 g/mol. The highest BCUT2D eigenvalue weighted by Gasteiger charge is 2.25. The third kappa shape index (κ3) is 3.67. The number of carbonyl (C=O) groups is 1. The Balaban J connectivity index is 1.57. The fourth-order valence-corrected chi connectivity index (χ4v) is 4.11. The number of rotatable bonds is 5. The van der Waals surface area contributed by atoms with Crippen molar-refractivity contribution in [2.75, 3.05) is 5.32 Å². The molecule has 116 valence electrons. The van der Waals surface area contributed by atoms with E-state index in [0.717, 1.165) is 29.4 Å². The molecule has 1 aromatic carbocycles. The van der Waals surface area contributed by atoms with Crippen LogP contribution >= 0.6 is 23.1 Å². The molecule has 1 amide bonds. The Bertz CT molecular complexity index is 680. The van der Waals surface area contributed by atoms with E-state index in [2.05, 4.69) is 47.6 Å². The highest BCUT2D eigenvalue weighted by Crippen LogP contribution is 2.31. The van der Waals surface area contributed by atoms with Crippen LogP contribution < -0.4 is 5.32 Å². The topological polar surface area (TPSA) is 54.9 Å². The van der Waals surface area contributed by atoms with Gasteiger partial charge in [0.15, 0.2) is 4.34 Å². The monoisotopic (exact) mass is 333 g/mol. The van der Waals surface area contributed by atoms with E-state index < -0.39 is 0 Å². The quantitative estimate of drug-likeness (QED) is 0.658. The summed E-state index contributed by atoms with van der Waals surface area (Å²) in [6, 6.07) is 6.49. The number of amides is 1. The van der Waals surface area contributed by atoms with Crippen LogP contribution in [0.1, 0.15) is 36.0 Å². The van der Waals surface area contributed by atoms with Crippen LogP contribution in [0.25, 0.3) is 0 Å². The van der Waals surface area contributed by atoms with Crippen molar-refractivity contribution in [3.63, 3.8) is 0 Å². The van der Waals surface area contributed by atoms with Gasteiger partial charge < -0.3 is 5.32 Å². The normalized spacial score (nSPS) is 14.6. The highest BCUT2D eigenvalue weighted by atomic mass is 32.2. The second kappa shape index (κ2) is 6.79. The van der Waals surface area contributed by atoms with Crippen molar-refractivity contribution >= 4 is 34.1 Å². The lowest BCUT2D eigenvalue weighted by molar-refractivity contribution is -0.122. The molecule has 1 aliphatic rings. The number of hydrogen-bond acceptors (Lipinski definition) is 5. The van der Waals surface area contributed by atoms with Crippen LogP contribution in [0, 0.1) is 19.8 Å². The van der Waals surface area contributed by atoms with Crippen LogP contribution in [-0.2, 0) is 10.5 Å². The van der Waals surface area contributed by atoms with Crippen molar-refractivity contribution in [1.82, 2.24) is 10.2 Å². The number of nitrogens with one attached hydrogen (secondary N) is 1. The van der Waals surface area contributed by atoms with Gasteiger partial charge in [-0.05, 0) is 37.8 Å². The fourth-order valence-electron chi connectivity index (χ4n) is 2.29. The van der Waals surface area contributed by atoms with E-state index in [4.69, 9.17) is 0 Å². The second-order valence-corrected chi connectivity index (χ2v) is 7.91. The van der Waals surface area contributed by atoms with Gasteiger partial charge in [0.1, 0.15) is 0 Å². The van der Waals surface area contributed by atoms with Gasteiger partial charge in [-0.25, -0.2) is 0 Å². The smallest absolute Gasteiger partial charge is 0.229 e. The Morgan fingerprint density at radius 3 is 2.91 bits per heavy atom. The highest BCUT2D eigenvalue weighted by molar-refractivity contribution is 8.00. The fraction of sp³-hybridized carbons (Fsp3) is 0.438. The van der Waals surface area contributed by atoms with Crippen LogP contribution in [0.3, 0.4) is 0 Å². The maximum atomic E-state index is 11.9. The zero-order chi connectivity index (χ0) is 15.5. The number of anilines is 1. The molecule has 1 aliphatic carbocycles. The van der Waals surface area contributed by atoms with Gasteiger partial charge in [-0.1, -0.05) is 53.3 Å². The van der Waals surface area contributed by atoms with E-state index in [1.165, 1.54) is 28.0 Å². The zero-order valence-electron chi connectivity index (χ0n) is 12.8. The Hall–Kier alpha value is -1.40. The summed E-state index contributed by atoms with van der Waals surface area (Å²) in [6.45, 7) is 4.23. The molecule has 0 aliphatic heterocycles. The Kier molecular flexibility index (Phi) is 4.78. The van der Waals surface area contributed by atoms with Crippen molar-refractivity contribution < 1.29 is 4.79 Å². The van der Waals surface area contributed by atoms with E-state index in [9.17, 15) is 4.79 Å². The molecular weight excluding hydrogens is 314 g/mol. The summed E-state index contributed by atoms with van der Waals surface area (Å²) >= 11 is 3.12. The Morgan fingerprint density at radius 2 is 2.18 bits per heavy atom. The molecule has 1 N–H and O–H groups in total. The molecule has 1 aromatic heterocycles. The first-order valence-electron chi connectivity index (χ1n) is 7.45. The minimum Gasteiger partial charge on any atom is -0.300 e. The number of aryl methyl sites for hydroxylation is 2. The molecule has 0 saturated heterocycles. The molecule has 0 atom stereocenters. The maximum absolute atomic E-state index is 11.9. The average Bonchev–Trinajstić information content (AvgIpc) is 2.85. The molecule has 2 aromatic rings. The summed E-state index contributed by atoms with van der Waals surface area (Å²) in [6.07, 6.45) is 3.16. The standard InChI is InChI=1S/C16H19N3OS2/c1-10-6-7-11(2)13(8-10)9-21-16-19-18-15(22-16)17-14(20)12-4-3-5-12/h6-8,12H,3-5,9H2,1-2H3,(H,17,18,20). The van der Waals surface area contributed by atoms with Crippen LogP contribution in [0.2, 0.25) is 0 Å². The lowest BCUT2D eigenvalue weighted by atomic mass is 9.85. The van der Waals surface area contributed by atoms with Crippen molar-refractivity contribution in [3.8, 4) is 0 Å². The van der Waals surface area contributed by atoms with Crippen LogP contribution in [0.15, 0.2) is 22.5 Å². The summed E-state index contributed by atoms with van der Waals surface area (Å²) < 4.78 is 0.893. The van der Waals surface area contributed by atoms with Gasteiger partial charge in [0.2, 0.25) is 11.0 Å². The molecule has 0 radical (unpaired) electrons. The second-order valence-electron chi connectivity index (χ2n) is 5.71. The molecule has 0 unspecified atom stereocenters. The minimum atomic E-state index is 0.0912. The lowest BCUT2D eigenvalue weighted by Crippen LogP contribution is -2.27. The lowest BCUT2D eigenvalue weighted by Gasteiger charge is -2.23. The van der Waals surface area contributed by atoms with E-state index in [1.807, 2.05) is 0 Å². The molecule has 6 heteroatoms. The Labute approximate surface area is 138 Å². The molecule has 1 fully saturated rings. The van der Waals surface area contributed by atoms with Gasteiger partial charge in [0.25, 0.3) is 0 Å².